The third-order valence-corrected chi connectivity index (χ3v) is 4.63. The number of rotatable bonds is 5. The maximum atomic E-state index is 9.98. The van der Waals surface area contributed by atoms with Gasteiger partial charge in [-0.3, -0.25) is 4.79 Å². The summed E-state index contributed by atoms with van der Waals surface area (Å²) in [5.41, 5.74) is 2.87. The molecule has 0 spiro atoms. The second-order valence-electron chi connectivity index (χ2n) is 7.41. The van der Waals surface area contributed by atoms with Crippen LogP contribution in [0.3, 0.4) is 0 Å². The van der Waals surface area contributed by atoms with Gasteiger partial charge in [0.05, 0.1) is 12.6 Å². The highest BCUT2D eigenvalue weighted by atomic mass is 16.5. The van der Waals surface area contributed by atoms with Crippen LogP contribution in [0.4, 0.5) is 0 Å². The molecule has 3 heteroatoms. The Balaban J connectivity index is 0.000000754. The Morgan fingerprint density at radius 1 is 1.38 bits per heavy atom. The van der Waals surface area contributed by atoms with Crippen LogP contribution in [0.5, 0.6) is 0 Å². The van der Waals surface area contributed by atoms with E-state index in [9.17, 15) is 4.79 Å². The summed E-state index contributed by atoms with van der Waals surface area (Å²) in [5, 5.41) is 2.72. The number of hydrogen-bond acceptors (Lipinski definition) is 3. The second-order valence-corrected chi connectivity index (χ2v) is 7.41. The standard InChI is InChI=1S/C17H30O.C4H9NO/c1-13(2)11-16-10-9-14(3)7-6-8-15(4)17(12-16)18-5;1-4(6)3-5-2/h7,15-17H,1,6,8-12H2,2-5H3;5H,3H2,1-2H3/b14-7+;. The maximum Gasteiger partial charge on any atom is 0.143 e. The molecule has 0 aromatic heterocycles. The van der Waals surface area contributed by atoms with E-state index in [1.54, 1.807) is 19.5 Å². The predicted molar refractivity (Wildman–Crippen MR) is 104 cm³/mol. The van der Waals surface area contributed by atoms with Crippen LogP contribution in [0.2, 0.25) is 0 Å². The molecule has 1 aliphatic carbocycles. The van der Waals surface area contributed by atoms with Crippen molar-refractivity contribution >= 4 is 5.78 Å². The highest BCUT2D eigenvalue weighted by molar-refractivity contribution is 5.77. The molecule has 3 nitrogen and oxygen atoms in total. The van der Waals surface area contributed by atoms with Crippen LogP contribution in [-0.4, -0.2) is 32.6 Å². The minimum atomic E-state index is 0.178. The summed E-state index contributed by atoms with van der Waals surface area (Å²) in [4.78, 5) is 9.98. The number of ether oxygens (including phenoxy) is 1. The van der Waals surface area contributed by atoms with E-state index in [1.807, 2.05) is 7.11 Å². The fraction of sp³-hybridized carbons (Fsp3) is 0.762. The normalized spacial score (nSPS) is 27.2. The first-order chi connectivity index (χ1) is 11.3. The van der Waals surface area contributed by atoms with Gasteiger partial charge in [-0.1, -0.05) is 24.1 Å². The van der Waals surface area contributed by atoms with Gasteiger partial charge in [0.25, 0.3) is 0 Å². The molecule has 1 N–H and O–H groups in total. The molecule has 0 saturated heterocycles. The maximum absolute atomic E-state index is 9.98. The zero-order valence-electron chi connectivity index (χ0n) is 16.8. The van der Waals surface area contributed by atoms with Gasteiger partial charge in [-0.2, -0.15) is 0 Å². The van der Waals surface area contributed by atoms with E-state index >= 15 is 0 Å². The summed E-state index contributed by atoms with van der Waals surface area (Å²) >= 11 is 0. The highest BCUT2D eigenvalue weighted by Gasteiger charge is 2.22. The molecule has 24 heavy (non-hydrogen) atoms. The predicted octanol–water partition coefficient (Wildman–Crippen LogP) is 4.93. The van der Waals surface area contributed by atoms with E-state index in [0.29, 0.717) is 18.6 Å². The van der Waals surface area contributed by atoms with Gasteiger partial charge in [-0.05, 0) is 78.2 Å². The Kier molecular flexibility index (Phi) is 12.9. The molecule has 0 aliphatic heterocycles. The number of methoxy groups -OCH3 is 1. The summed E-state index contributed by atoms with van der Waals surface area (Å²) < 4.78 is 5.72. The van der Waals surface area contributed by atoms with Crippen LogP contribution in [0.25, 0.3) is 0 Å². The number of ketones is 1. The smallest absolute Gasteiger partial charge is 0.143 e. The SMILES string of the molecule is C=C(C)CC1CC/C(C)=C/CCC(C)C(OC)C1.CNCC(C)=O. The van der Waals surface area contributed by atoms with Gasteiger partial charge in [0.15, 0.2) is 0 Å². The van der Waals surface area contributed by atoms with Crippen LogP contribution in [0.1, 0.15) is 66.2 Å². The molecule has 1 rings (SSSR count). The van der Waals surface area contributed by atoms with Crippen molar-refractivity contribution in [1.82, 2.24) is 5.32 Å². The number of likely N-dealkylation sites (N-methyl/N-ethyl adjacent to an activating group) is 1. The average molecular weight is 338 g/mol. The van der Waals surface area contributed by atoms with Gasteiger partial charge in [-0.25, -0.2) is 0 Å². The Morgan fingerprint density at radius 3 is 2.50 bits per heavy atom. The van der Waals surface area contributed by atoms with Crippen molar-refractivity contribution in [3.63, 3.8) is 0 Å². The zero-order valence-corrected chi connectivity index (χ0v) is 16.8. The first-order valence-electron chi connectivity index (χ1n) is 9.26. The quantitative estimate of drug-likeness (QED) is 0.723. The van der Waals surface area contributed by atoms with Crippen molar-refractivity contribution in [2.45, 2.75) is 72.3 Å². The van der Waals surface area contributed by atoms with E-state index < -0.39 is 0 Å². The minimum Gasteiger partial charge on any atom is -0.381 e. The Bertz CT molecular complexity index is 401. The molecule has 0 heterocycles. The summed E-state index contributed by atoms with van der Waals surface area (Å²) in [6.45, 7) is 12.9. The third kappa shape index (κ3) is 11.6. The second kappa shape index (κ2) is 13.4. The molecule has 3 unspecified atom stereocenters. The molecule has 0 saturated carbocycles. The number of nitrogens with one attached hydrogen (secondary N) is 1. The molecule has 0 aromatic rings. The van der Waals surface area contributed by atoms with Gasteiger partial charge in [0.1, 0.15) is 5.78 Å². The number of Topliss-reactive ketones (excluding diaryl/α,β-unsaturated/α-hetero) is 1. The van der Waals surface area contributed by atoms with Crippen LogP contribution in [-0.2, 0) is 9.53 Å². The van der Waals surface area contributed by atoms with Gasteiger partial charge >= 0.3 is 0 Å². The molecule has 0 bridgehead atoms. The Labute approximate surface area is 149 Å². The lowest BCUT2D eigenvalue weighted by molar-refractivity contribution is -0.116. The van der Waals surface area contributed by atoms with Crippen LogP contribution >= 0.6 is 0 Å². The number of carbonyl (C=O) groups excluding carboxylic acids is 1. The molecule has 3 atom stereocenters. The molecule has 0 fully saturated rings. The van der Waals surface area contributed by atoms with E-state index in [0.717, 1.165) is 12.3 Å². The van der Waals surface area contributed by atoms with Crippen molar-refractivity contribution < 1.29 is 9.53 Å². The fourth-order valence-electron chi connectivity index (χ4n) is 3.25. The molecular formula is C21H39NO2. The van der Waals surface area contributed by atoms with Gasteiger partial charge in [0.2, 0.25) is 0 Å². The first-order valence-corrected chi connectivity index (χ1v) is 9.26. The molecule has 0 aromatic carbocycles. The number of carbonyl (C=O) groups is 1. The lowest BCUT2D eigenvalue weighted by Crippen LogP contribution is -2.24. The van der Waals surface area contributed by atoms with E-state index in [4.69, 9.17) is 4.74 Å². The van der Waals surface area contributed by atoms with Crippen molar-refractivity contribution in [1.29, 1.82) is 0 Å². The highest BCUT2D eigenvalue weighted by Crippen LogP contribution is 2.29. The van der Waals surface area contributed by atoms with Gasteiger partial charge in [0, 0.05) is 7.11 Å². The average Bonchev–Trinajstić information content (AvgIpc) is 2.49. The van der Waals surface area contributed by atoms with Crippen LogP contribution in [0, 0.1) is 11.8 Å². The third-order valence-electron chi connectivity index (χ3n) is 4.63. The van der Waals surface area contributed by atoms with Crippen molar-refractivity contribution in [2.24, 2.45) is 11.8 Å². The van der Waals surface area contributed by atoms with E-state index in [-0.39, 0.29) is 5.78 Å². The summed E-state index contributed by atoms with van der Waals surface area (Å²) in [7, 11) is 3.62. The molecule has 1 aliphatic rings. The van der Waals surface area contributed by atoms with Crippen molar-refractivity contribution in [3.05, 3.63) is 23.8 Å². The monoisotopic (exact) mass is 337 g/mol. The van der Waals surface area contributed by atoms with Gasteiger partial charge in [-0.15, -0.1) is 6.58 Å². The lowest BCUT2D eigenvalue weighted by Gasteiger charge is -2.28. The first kappa shape index (κ1) is 23.1. The lowest BCUT2D eigenvalue weighted by atomic mass is 9.83. The largest absolute Gasteiger partial charge is 0.381 e. The molecular weight excluding hydrogens is 298 g/mol. The number of allylic oxidation sites excluding steroid dienone is 3. The van der Waals surface area contributed by atoms with Gasteiger partial charge < -0.3 is 10.1 Å². The minimum absolute atomic E-state index is 0.178. The molecule has 140 valence electrons. The molecule has 0 amide bonds. The van der Waals surface area contributed by atoms with Crippen LogP contribution in [0.15, 0.2) is 23.8 Å². The van der Waals surface area contributed by atoms with Crippen molar-refractivity contribution in [2.75, 3.05) is 20.7 Å². The zero-order chi connectivity index (χ0) is 18.5. The summed E-state index contributed by atoms with van der Waals surface area (Å²) in [6, 6.07) is 0. The summed E-state index contributed by atoms with van der Waals surface area (Å²) in [6.07, 6.45) is 10.2. The molecule has 0 radical (unpaired) electrons. The Morgan fingerprint density at radius 2 is 2.04 bits per heavy atom. The topological polar surface area (TPSA) is 38.3 Å². The van der Waals surface area contributed by atoms with Crippen LogP contribution < -0.4 is 5.32 Å². The summed E-state index contributed by atoms with van der Waals surface area (Å²) in [5.74, 6) is 1.57. The van der Waals surface area contributed by atoms with E-state index in [2.05, 4.69) is 38.7 Å². The Hall–Kier alpha value is -0.930. The fourth-order valence-corrected chi connectivity index (χ4v) is 3.25. The van der Waals surface area contributed by atoms with Crippen molar-refractivity contribution in [3.8, 4) is 0 Å². The van der Waals surface area contributed by atoms with E-state index in [1.165, 1.54) is 37.7 Å². The number of hydrogen-bond donors (Lipinski definition) is 1.